The summed E-state index contributed by atoms with van der Waals surface area (Å²) in [7, 11) is 1.70. The SMILES string of the molecule is CCCCN(C)C(=O)c1cc2c3c(ccc2n1C(=O)OCC)N(C(=O)c1cc2c4c(ccc2n1C(=O)OCC)N(C(=O)c1cc2c5c(ccc2n1C(=O)OCC)N(C(=O)CCCCCO)CC5)CC4)CC3. The van der Waals surface area contributed by atoms with Gasteiger partial charge in [0.05, 0.1) is 36.4 Å². The van der Waals surface area contributed by atoms with Gasteiger partial charge < -0.3 is 38.9 Å². The zero-order chi connectivity index (χ0) is 50.2. The van der Waals surface area contributed by atoms with E-state index in [1.54, 1.807) is 95.9 Å². The van der Waals surface area contributed by atoms with Crippen molar-refractivity contribution < 1.29 is 52.9 Å². The van der Waals surface area contributed by atoms with Gasteiger partial charge in [-0.2, -0.15) is 0 Å². The van der Waals surface area contributed by atoms with Gasteiger partial charge >= 0.3 is 18.3 Å². The van der Waals surface area contributed by atoms with E-state index >= 15 is 0 Å². The van der Waals surface area contributed by atoms with Crippen molar-refractivity contribution in [2.75, 3.05) is 74.4 Å². The summed E-state index contributed by atoms with van der Waals surface area (Å²) in [6, 6.07) is 15.5. The number of ether oxygens (including phenoxy) is 3. The zero-order valence-electron chi connectivity index (χ0n) is 40.9. The number of unbranched alkanes of at least 4 members (excludes halogenated alkanes) is 3. The number of carbonyl (C=O) groups is 7. The Morgan fingerprint density at radius 1 is 0.535 bits per heavy atom. The highest BCUT2D eigenvalue weighted by Gasteiger charge is 2.37. The lowest BCUT2D eigenvalue weighted by Gasteiger charge is -2.19. The molecule has 0 fully saturated rings. The first-order chi connectivity index (χ1) is 34.4. The first-order valence-corrected chi connectivity index (χ1v) is 24.7. The molecule has 0 aliphatic carbocycles. The average Bonchev–Trinajstić information content (AvgIpc) is 4.23. The summed E-state index contributed by atoms with van der Waals surface area (Å²) in [5.41, 5.74) is 5.89. The van der Waals surface area contributed by atoms with Crippen molar-refractivity contribution in [3.63, 3.8) is 0 Å². The number of rotatable bonds is 14. The molecule has 6 heterocycles. The van der Waals surface area contributed by atoms with Crippen LogP contribution in [0.4, 0.5) is 31.4 Å². The maximum atomic E-state index is 14.9. The van der Waals surface area contributed by atoms with E-state index in [4.69, 9.17) is 14.2 Å². The fourth-order valence-corrected chi connectivity index (χ4v) is 10.5. The molecule has 0 spiro atoms. The number of fused-ring (bicyclic) bond motifs is 9. The Labute approximate surface area is 410 Å². The predicted octanol–water partition coefficient (Wildman–Crippen LogP) is 8.28. The van der Waals surface area contributed by atoms with Gasteiger partial charge in [-0.3, -0.25) is 19.2 Å². The van der Waals surface area contributed by atoms with Crippen molar-refractivity contribution in [2.45, 2.75) is 85.5 Å². The van der Waals surface area contributed by atoms with Crippen LogP contribution in [-0.2, 0) is 38.3 Å². The highest BCUT2D eigenvalue weighted by molar-refractivity contribution is 6.17. The largest absolute Gasteiger partial charge is 0.449 e. The number of hydrogen-bond acceptors (Lipinski definition) is 11. The van der Waals surface area contributed by atoms with E-state index in [2.05, 4.69) is 0 Å². The molecule has 3 aliphatic heterocycles. The highest BCUT2D eigenvalue weighted by Crippen LogP contribution is 2.42. The second-order valence-corrected chi connectivity index (χ2v) is 18.0. The minimum atomic E-state index is -0.748. The molecule has 4 amide bonds. The number of nitrogens with zero attached hydrogens (tertiary/aromatic N) is 7. The minimum Gasteiger partial charge on any atom is -0.449 e. The van der Waals surface area contributed by atoms with Crippen LogP contribution in [0.5, 0.6) is 0 Å². The van der Waals surface area contributed by atoms with Crippen LogP contribution < -0.4 is 14.7 Å². The molecule has 6 aromatic rings. The minimum absolute atomic E-state index is 0.0208. The van der Waals surface area contributed by atoms with E-state index in [9.17, 15) is 38.7 Å². The smallest absolute Gasteiger partial charge is 0.419 e. The Morgan fingerprint density at radius 3 is 1.37 bits per heavy atom. The van der Waals surface area contributed by atoms with Crippen LogP contribution in [0.3, 0.4) is 0 Å². The summed E-state index contributed by atoms with van der Waals surface area (Å²) in [4.78, 5) is 104. The summed E-state index contributed by atoms with van der Waals surface area (Å²) in [5, 5.41) is 11.1. The predicted molar refractivity (Wildman–Crippen MR) is 267 cm³/mol. The van der Waals surface area contributed by atoms with Gasteiger partial charge in [0.1, 0.15) is 17.1 Å². The van der Waals surface area contributed by atoms with Crippen LogP contribution in [0.25, 0.3) is 32.7 Å². The molecule has 3 aliphatic rings. The first kappa shape index (κ1) is 48.5. The van der Waals surface area contributed by atoms with Crippen molar-refractivity contribution in [2.24, 2.45) is 0 Å². The number of anilines is 3. The van der Waals surface area contributed by atoms with Crippen LogP contribution in [0, 0.1) is 0 Å². The Bertz CT molecular complexity index is 3160. The van der Waals surface area contributed by atoms with E-state index in [1.165, 1.54) is 13.7 Å². The van der Waals surface area contributed by atoms with Gasteiger partial charge in [-0.05, 0) is 131 Å². The number of aliphatic hydroxyl groups is 1. The molecule has 0 bridgehead atoms. The number of aliphatic hydroxyl groups excluding tert-OH is 1. The monoisotopic (exact) mass is 969 g/mol. The zero-order valence-corrected chi connectivity index (χ0v) is 40.9. The summed E-state index contributed by atoms with van der Waals surface area (Å²) >= 11 is 0. The quantitative estimate of drug-likeness (QED) is 0.0815. The van der Waals surface area contributed by atoms with Gasteiger partial charge in [-0.1, -0.05) is 19.8 Å². The summed E-state index contributed by atoms with van der Waals surface area (Å²) in [6.45, 7) is 8.88. The molecule has 9 rings (SSSR count). The Hall–Kier alpha value is -7.47. The number of carbonyl (C=O) groups excluding carboxylic acids is 7. The fraction of sp³-hybridized carbons (Fsp3) is 0.415. The van der Waals surface area contributed by atoms with Crippen molar-refractivity contribution in [3.8, 4) is 0 Å². The van der Waals surface area contributed by atoms with Crippen molar-refractivity contribution in [1.82, 2.24) is 18.6 Å². The van der Waals surface area contributed by atoms with E-state index in [0.717, 1.165) is 41.6 Å². The summed E-state index contributed by atoms with van der Waals surface area (Å²) in [5.74, 6) is -1.28. The lowest BCUT2D eigenvalue weighted by atomic mass is 10.1. The molecule has 3 aromatic carbocycles. The van der Waals surface area contributed by atoms with E-state index in [1.807, 2.05) is 13.0 Å². The van der Waals surface area contributed by atoms with Crippen LogP contribution in [0.2, 0.25) is 0 Å². The number of aromatic nitrogens is 3. The maximum absolute atomic E-state index is 14.9. The molecule has 18 heteroatoms. The molecular formula is C53H59N7O11. The van der Waals surface area contributed by atoms with Crippen molar-refractivity contribution in [3.05, 3.63) is 88.4 Å². The van der Waals surface area contributed by atoms with Crippen LogP contribution in [-0.4, -0.2) is 125 Å². The molecule has 3 aromatic heterocycles. The molecule has 372 valence electrons. The Balaban J connectivity index is 1.07. The van der Waals surface area contributed by atoms with Crippen LogP contribution >= 0.6 is 0 Å². The van der Waals surface area contributed by atoms with Crippen LogP contribution in [0.15, 0.2) is 54.6 Å². The third-order valence-electron chi connectivity index (χ3n) is 13.9. The lowest BCUT2D eigenvalue weighted by Crippen LogP contribution is -2.32. The molecule has 0 saturated carbocycles. The summed E-state index contributed by atoms with van der Waals surface area (Å²) < 4.78 is 20.3. The topological polar surface area (TPSA) is 195 Å². The van der Waals surface area contributed by atoms with E-state index in [-0.39, 0.29) is 68.4 Å². The van der Waals surface area contributed by atoms with Gasteiger partial charge in [0.25, 0.3) is 17.7 Å². The molecule has 0 saturated heterocycles. The molecular weight excluding hydrogens is 911 g/mol. The molecule has 71 heavy (non-hydrogen) atoms. The van der Waals surface area contributed by atoms with Gasteiger partial charge in [0.15, 0.2) is 0 Å². The summed E-state index contributed by atoms with van der Waals surface area (Å²) in [6.07, 6.45) is 3.25. The van der Waals surface area contributed by atoms with E-state index < -0.39 is 30.1 Å². The number of amides is 4. The number of hydrogen-bond donors (Lipinski definition) is 1. The van der Waals surface area contributed by atoms with Gasteiger partial charge in [-0.25, -0.2) is 28.1 Å². The lowest BCUT2D eigenvalue weighted by molar-refractivity contribution is -0.118. The Morgan fingerprint density at radius 2 is 0.944 bits per heavy atom. The standard InChI is InChI=1S/C53H59N7O11/c1-6-10-24-54(5)48(63)44-29-35-33-22-26-56(39(33)16-19-41(35)58(44)51(66)69-7-2)50(65)46-31-37-34-23-27-57(40(34)17-20-43(37)60(46)53(68)71-9-4)49(64)45-30-36-32-21-25-55(47(62)14-12-11-13-28-61)38(32)15-18-42(36)59(45)52(67)70-8-3/h15-20,29-31,61H,6-14,21-28H2,1-5H3. The molecule has 18 nitrogen and oxygen atoms in total. The average molecular weight is 970 g/mol. The third-order valence-corrected chi connectivity index (χ3v) is 13.9. The molecule has 0 radical (unpaired) electrons. The maximum Gasteiger partial charge on any atom is 0.419 e. The first-order valence-electron chi connectivity index (χ1n) is 24.7. The van der Waals surface area contributed by atoms with Crippen molar-refractivity contribution >= 4 is 91.7 Å². The second kappa shape index (κ2) is 20.1. The van der Waals surface area contributed by atoms with Gasteiger partial charge in [0.2, 0.25) is 5.91 Å². The molecule has 0 atom stereocenters. The van der Waals surface area contributed by atoms with Crippen molar-refractivity contribution in [1.29, 1.82) is 0 Å². The molecule has 0 unspecified atom stereocenters. The Kier molecular flexibility index (Phi) is 13.7. The molecule has 1 N–H and O–H groups in total. The van der Waals surface area contributed by atoms with Gasteiger partial charge in [-0.15, -0.1) is 0 Å². The highest BCUT2D eigenvalue weighted by atomic mass is 16.6. The van der Waals surface area contributed by atoms with E-state index in [0.29, 0.717) is 95.7 Å². The van der Waals surface area contributed by atoms with Gasteiger partial charge in [0, 0.05) is 79.5 Å². The second-order valence-electron chi connectivity index (χ2n) is 18.0. The van der Waals surface area contributed by atoms with Crippen LogP contribution in [0.1, 0.15) is 114 Å². The normalized spacial score (nSPS) is 13.8. The fourth-order valence-electron chi connectivity index (χ4n) is 10.5. The third kappa shape index (κ3) is 8.36. The number of benzene rings is 3.